The van der Waals surface area contributed by atoms with Gasteiger partial charge in [-0.15, -0.1) is 0 Å². The Morgan fingerprint density at radius 1 is 1.11 bits per heavy atom. The van der Waals surface area contributed by atoms with Crippen LogP contribution < -0.4 is 0 Å². The topological polar surface area (TPSA) is 106 Å². The van der Waals surface area contributed by atoms with E-state index in [-0.39, 0.29) is 6.61 Å². The molecule has 0 saturated carbocycles. The van der Waals surface area contributed by atoms with E-state index in [1.807, 2.05) is 0 Å². The minimum atomic E-state index is -7.94. The third kappa shape index (κ3) is 2780. The van der Waals surface area contributed by atoms with Crippen LogP contribution in [0.2, 0.25) is 0 Å². The van der Waals surface area contributed by atoms with Gasteiger partial charge in [0.25, 0.3) is 0 Å². The summed E-state index contributed by atoms with van der Waals surface area (Å²) < 4.78 is 43.3. The average Bonchev–Trinajstić information content (AvgIpc) is 1.23. The van der Waals surface area contributed by atoms with Crippen LogP contribution in [0, 0.1) is 0 Å². The predicted molar refractivity (Wildman–Crippen MR) is 16.2 cm³/mol. The monoisotopic (exact) mass is 219 g/mol. The second kappa shape index (κ2) is 3.02. The quantitative estimate of drug-likeness (QED) is 0.545. The molecule has 55 valence electrons. The molecule has 0 aromatic heterocycles. The number of hydrogen-bond donors (Lipinski definition) is 1. The Morgan fingerprint density at radius 2 is 1.11 bits per heavy atom. The Morgan fingerprint density at radius 3 is 1.11 bits per heavy atom. The zero-order valence-corrected chi connectivity index (χ0v) is 6.84. The van der Waals surface area contributed by atoms with Gasteiger partial charge < -0.3 is 5.11 Å². The van der Waals surface area contributed by atoms with Crippen LogP contribution in [0.25, 0.3) is 0 Å². The molecule has 6 nitrogen and oxygen atoms in total. The van der Waals surface area contributed by atoms with Crippen LogP contribution in [-0.4, -0.2) is 11.7 Å². The van der Waals surface area contributed by atoms with E-state index in [1.165, 1.54) is 0 Å². The molecule has 0 amide bonds. The van der Waals surface area contributed by atoms with Gasteiger partial charge in [0.05, 0.1) is 0 Å². The van der Waals surface area contributed by atoms with Gasteiger partial charge in [0.1, 0.15) is 0 Å². The molecule has 0 aliphatic rings. The van der Waals surface area contributed by atoms with E-state index in [9.17, 15) is 0 Å². The summed E-state index contributed by atoms with van der Waals surface area (Å²) in [5.74, 6) is 0. The molecule has 0 rings (SSSR count). The summed E-state index contributed by atoms with van der Waals surface area (Å²) in [7, 11) is 0. The summed E-state index contributed by atoms with van der Waals surface area (Å²) in [6.07, 6.45) is 0. The third-order valence-corrected chi connectivity index (χ3v) is 0. The summed E-state index contributed by atoms with van der Waals surface area (Å²) in [5.41, 5.74) is 0. The summed E-state index contributed by atoms with van der Waals surface area (Å²) >= 11 is -7.94. The van der Waals surface area contributed by atoms with Crippen molar-refractivity contribution >= 4 is 0 Å². The van der Waals surface area contributed by atoms with Crippen LogP contribution in [0.3, 0.4) is 0 Å². The van der Waals surface area contributed by atoms with Crippen molar-refractivity contribution < 1.29 is 37.0 Å². The van der Waals surface area contributed by atoms with Gasteiger partial charge >= 0.3 is 31.9 Å². The van der Waals surface area contributed by atoms with Gasteiger partial charge in [-0.05, 0) is 6.92 Å². The SMILES string of the molecule is CCO.[O]=[Nb](=[O])(=[O])(=[O])=[O]. The Balaban J connectivity index is 0. The van der Waals surface area contributed by atoms with Crippen molar-refractivity contribution in [2.45, 2.75) is 6.92 Å². The predicted octanol–water partition coefficient (Wildman–Crippen LogP) is -0.598. The number of aliphatic hydroxyl groups excluding tert-OH is 1. The fraction of sp³-hybridized carbons (Fsp3) is 1.00. The van der Waals surface area contributed by atoms with E-state index >= 15 is 0 Å². The van der Waals surface area contributed by atoms with Crippen LogP contribution in [0.5, 0.6) is 0 Å². The fourth-order valence-electron chi connectivity index (χ4n) is 0. The van der Waals surface area contributed by atoms with E-state index in [0.717, 1.165) is 0 Å². The first kappa shape index (κ1) is 11.5. The van der Waals surface area contributed by atoms with Crippen LogP contribution in [-0.2, 0) is 31.9 Å². The first-order valence-corrected chi connectivity index (χ1v) is 6.42. The van der Waals surface area contributed by atoms with Crippen molar-refractivity contribution in [1.82, 2.24) is 0 Å². The molecule has 0 aromatic carbocycles. The Bertz CT molecular complexity index is 295. The molecule has 0 spiro atoms. The van der Waals surface area contributed by atoms with Gasteiger partial charge in [0.15, 0.2) is 0 Å². The molecule has 0 heterocycles. The number of aliphatic hydroxyl groups is 1. The molecule has 0 fully saturated rings. The van der Waals surface area contributed by atoms with Crippen molar-refractivity contribution in [3.63, 3.8) is 0 Å². The van der Waals surface area contributed by atoms with Crippen molar-refractivity contribution in [2.24, 2.45) is 0 Å². The maximum atomic E-state index is 8.66. The van der Waals surface area contributed by atoms with Gasteiger partial charge in [-0.2, -0.15) is 0 Å². The van der Waals surface area contributed by atoms with Gasteiger partial charge in [-0.3, -0.25) is 0 Å². The van der Waals surface area contributed by atoms with Gasteiger partial charge in [0.2, 0.25) is 0 Å². The fourth-order valence-corrected chi connectivity index (χ4v) is 0. The normalized spacial score (nSPS) is 8.67. The molecule has 9 heavy (non-hydrogen) atoms. The molecule has 0 aromatic rings. The van der Waals surface area contributed by atoms with Crippen LogP contribution in [0.1, 0.15) is 6.92 Å². The Labute approximate surface area is 51.1 Å². The maximum absolute atomic E-state index is 8.66. The van der Waals surface area contributed by atoms with Crippen molar-refractivity contribution in [3.05, 3.63) is 0 Å². The molecule has 7 heteroatoms. The second-order valence-corrected chi connectivity index (χ2v) is 4.73. The van der Waals surface area contributed by atoms with E-state index in [4.69, 9.17) is 21.4 Å². The first-order chi connectivity index (χ1) is 3.65. The number of rotatable bonds is 0. The van der Waals surface area contributed by atoms with Crippen molar-refractivity contribution in [3.8, 4) is 0 Å². The zero-order chi connectivity index (χ0) is 8.15. The van der Waals surface area contributed by atoms with E-state index in [2.05, 4.69) is 0 Å². The molecule has 0 aliphatic carbocycles. The van der Waals surface area contributed by atoms with Crippen LogP contribution >= 0.6 is 0 Å². The summed E-state index contributed by atoms with van der Waals surface area (Å²) in [6, 6.07) is 0. The number of hydrogen-bond acceptors (Lipinski definition) is 6. The Hall–Kier alpha value is -0.300. The summed E-state index contributed by atoms with van der Waals surface area (Å²) in [5, 5.41) is 7.57. The molecule has 1 N–H and O–H groups in total. The standard InChI is InChI=1S/C2H6O.Nb.5O/c1-2-3;;;;;;/h3H,2H2,1H3;;;;;;. The molecule has 0 aliphatic heterocycles. The molecule has 0 saturated heterocycles. The molecule has 0 unspecified atom stereocenters. The van der Waals surface area contributed by atoms with E-state index in [0.29, 0.717) is 0 Å². The van der Waals surface area contributed by atoms with Crippen molar-refractivity contribution in [1.29, 1.82) is 0 Å². The molecule has 0 atom stereocenters. The molecule has 0 radical (unpaired) electrons. The first-order valence-electron chi connectivity index (χ1n) is 1.94. The van der Waals surface area contributed by atoms with Crippen LogP contribution in [0.4, 0.5) is 0 Å². The zero-order valence-electron chi connectivity index (χ0n) is 4.64. The summed E-state index contributed by atoms with van der Waals surface area (Å²) in [6.45, 7) is 1.93. The second-order valence-electron chi connectivity index (χ2n) is 1.06. The van der Waals surface area contributed by atoms with Crippen molar-refractivity contribution in [2.75, 3.05) is 6.61 Å². The third-order valence-electron chi connectivity index (χ3n) is 0. The Kier molecular flexibility index (Phi) is 3.85. The summed E-state index contributed by atoms with van der Waals surface area (Å²) in [4.78, 5) is 0. The van der Waals surface area contributed by atoms with Crippen LogP contribution in [0.15, 0.2) is 0 Å². The average molecular weight is 219 g/mol. The van der Waals surface area contributed by atoms with E-state index < -0.39 is 15.7 Å². The van der Waals surface area contributed by atoms with Gasteiger partial charge in [-0.1, -0.05) is 0 Å². The molecular formula is C2H6NbO6. The van der Waals surface area contributed by atoms with E-state index in [1.54, 1.807) is 6.92 Å². The molecular weight excluding hydrogens is 213 g/mol. The molecule has 0 bridgehead atoms. The minimum absolute atomic E-state index is 0.250. The van der Waals surface area contributed by atoms with Gasteiger partial charge in [-0.25, -0.2) is 0 Å². The van der Waals surface area contributed by atoms with Gasteiger partial charge in [0, 0.05) is 6.61 Å².